The number of likely N-dealkylation sites (tertiary alicyclic amines) is 1. The second kappa shape index (κ2) is 8.30. The van der Waals surface area contributed by atoms with Crippen LogP contribution in [-0.4, -0.2) is 42.0 Å². The summed E-state index contributed by atoms with van der Waals surface area (Å²) in [5.74, 6) is -0.485. The van der Waals surface area contributed by atoms with Gasteiger partial charge in [-0.1, -0.05) is 11.3 Å². The lowest BCUT2D eigenvalue weighted by molar-refractivity contribution is 0.0919. The number of benzene rings is 1. The summed E-state index contributed by atoms with van der Waals surface area (Å²) in [6.07, 6.45) is 3.56. The molecule has 2 N–H and O–H groups in total. The third-order valence-corrected chi connectivity index (χ3v) is 6.63. The molecule has 5 nitrogen and oxygen atoms in total. The molecule has 1 aliphatic rings. The Hall–Kier alpha value is -1.78. The molecule has 4 rings (SSSR count). The third kappa shape index (κ3) is 4.13. The van der Waals surface area contributed by atoms with Crippen LogP contribution >= 0.6 is 33.9 Å². The van der Waals surface area contributed by atoms with Gasteiger partial charge in [-0.15, -0.1) is 0 Å². The molecular formula is C20H20FIN4OS. The monoisotopic (exact) mass is 510 g/mol. The average Bonchev–Trinajstić information content (AvgIpc) is 3.04. The van der Waals surface area contributed by atoms with Gasteiger partial charge in [-0.2, -0.15) is 0 Å². The Balaban J connectivity index is 1.66. The number of aromatic nitrogens is 1. The van der Waals surface area contributed by atoms with Gasteiger partial charge in [-0.25, -0.2) is 9.37 Å². The fraction of sp³-hybridized carbons (Fsp3) is 0.300. The quantitative estimate of drug-likeness (QED) is 0.504. The molecule has 3 heterocycles. The highest BCUT2D eigenvalue weighted by atomic mass is 127. The van der Waals surface area contributed by atoms with Gasteiger partial charge in [-0.05, 0) is 85.9 Å². The fourth-order valence-corrected chi connectivity index (χ4v) is 4.88. The highest BCUT2D eigenvalue weighted by molar-refractivity contribution is 14.1. The minimum atomic E-state index is -0.348. The van der Waals surface area contributed by atoms with Crippen LogP contribution in [0.4, 0.5) is 15.1 Å². The lowest BCUT2D eigenvalue weighted by Gasteiger charge is -2.29. The molecule has 1 saturated heterocycles. The maximum atomic E-state index is 14.4. The zero-order valence-corrected chi connectivity index (χ0v) is 18.3. The van der Waals surface area contributed by atoms with Gasteiger partial charge in [0.25, 0.3) is 5.91 Å². The molecule has 1 fully saturated rings. The van der Waals surface area contributed by atoms with E-state index >= 15 is 0 Å². The van der Waals surface area contributed by atoms with Crippen molar-refractivity contribution in [3.05, 3.63) is 51.5 Å². The number of carbonyl (C=O) groups is 1. The molecule has 2 aromatic heterocycles. The molecular weight excluding hydrogens is 490 g/mol. The predicted molar refractivity (Wildman–Crippen MR) is 120 cm³/mol. The number of anilines is 2. The standard InChI is InChI=1S/C20H20FIN4OS/c1-26-9-6-13(7-10-26)24-18(27)17-14-3-2-8-23-19(14)28-20(17)25-16-5-4-12(22)11-15(16)21/h2-5,8,11,13,25H,6-7,9-10H2,1H3,(H,24,27). The largest absolute Gasteiger partial charge is 0.349 e. The highest BCUT2D eigenvalue weighted by Crippen LogP contribution is 2.37. The van der Waals surface area contributed by atoms with E-state index in [-0.39, 0.29) is 17.8 Å². The SMILES string of the molecule is CN1CCC(NC(=O)c2c(Nc3ccc(I)cc3F)sc3ncccc23)CC1. The number of halogens is 2. The molecule has 0 bridgehead atoms. The number of thiophene rings is 1. The third-order valence-electron chi connectivity index (χ3n) is 4.93. The van der Waals surface area contributed by atoms with E-state index in [1.807, 2.05) is 18.2 Å². The molecule has 0 aliphatic carbocycles. The van der Waals surface area contributed by atoms with Crippen molar-refractivity contribution in [2.24, 2.45) is 0 Å². The number of carbonyl (C=O) groups excluding carboxylic acids is 1. The molecule has 0 saturated carbocycles. The van der Waals surface area contributed by atoms with Crippen molar-refractivity contribution in [3.8, 4) is 0 Å². The molecule has 3 aromatic rings. The first-order valence-electron chi connectivity index (χ1n) is 9.10. The van der Waals surface area contributed by atoms with Crippen LogP contribution < -0.4 is 10.6 Å². The second-order valence-corrected chi connectivity index (χ2v) is 9.21. The summed E-state index contributed by atoms with van der Waals surface area (Å²) in [6, 6.07) is 8.84. The topological polar surface area (TPSA) is 57.3 Å². The minimum Gasteiger partial charge on any atom is -0.349 e. The zero-order chi connectivity index (χ0) is 19.7. The van der Waals surface area contributed by atoms with Crippen LogP contribution in [0.2, 0.25) is 0 Å². The summed E-state index contributed by atoms with van der Waals surface area (Å²) >= 11 is 3.43. The van der Waals surface area contributed by atoms with E-state index in [1.54, 1.807) is 12.3 Å². The number of nitrogens with zero attached hydrogens (tertiary/aromatic N) is 2. The summed E-state index contributed by atoms with van der Waals surface area (Å²) in [7, 11) is 2.09. The second-order valence-electron chi connectivity index (χ2n) is 6.96. The Morgan fingerprint density at radius 3 is 2.86 bits per heavy atom. The van der Waals surface area contributed by atoms with Crippen LogP contribution in [0.15, 0.2) is 36.5 Å². The van der Waals surface area contributed by atoms with E-state index in [0.29, 0.717) is 16.3 Å². The van der Waals surface area contributed by atoms with Gasteiger partial charge < -0.3 is 15.5 Å². The van der Waals surface area contributed by atoms with E-state index in [2.05, 4.69) is 50.2 Å². The highest BCUT2D eigenvalue weighted by Gasteiger charge is 2.24. The van der Waals surface area contributed by atoms with E-state index < -0.39 is 0 Å². The summed E-state index contributed by atoms with van der Waals surface area (Å²) < 4.78 is 15.2. The van der Waals surface area contributed by atoms with Crippen LogP contribution in [0.25, 0.3) is 10.2 Å². The van der Waals surface area contributed by atoms with E-state index in [0.717, 1.165) is 39.7 Å². The normalized spacial score (nSPS) is 15.7. The molecule has 8 heteroatoms. The summed E-state index contributed by atoms with van der Waals surface area (Å²) in [5.41, 5.74) is 0.880. The van der Waals surface area contributed by atoms with Crippen LogP contribution in [0.1, 0.15) is 23.2 Å². The number of pyridine rings is 1. The van der Waals surface area contributed by atoms with Gasteiger partial charge in [0.1, 0.15) is 15.6 Å². The Bertz CT molecular complexity index is 1020. The molecule has 146 valence electrons. The van der Waals surface area contributed by atoms with Gasteiger partial charge in [0.05, 0.1) is 11.3 Å². The number of hydrogen-bond acceptors (Lipinski definition) is 5. The van der Waals surface area contributed by atoms with Gasteiger partial charge in [0.15, 0.2) is 0 Å². The lowest BCUT2D eigenvalue weighted by atomic mass is 10.0. The van der Waals surface area contributed by atoms with Crippen LogP contribution in [0.5, 0.6) is 0 Å². The molecule has 28 heavy (non-hydrogen) atoms. The number of piperidine rings is 1. The van der Waals surface area contributed by atoms with E-state index in [1.165, 1.54) is 17.4 Å². The first-order chi connectivity index (χ1) is 13.5. The number of hydrogen-bond donors (Lipinski definition) is 2. The van der Waals surface area contributed by atoms with Crippen molar-refractivity contribution in [1.82, 2.24) is 15.2 Å². The van der Waals surface area contributed by atoms with Crippen molar-refractivity contribution in [2.75, 3.05) is 25.5 Å². The number of rotatable bonds is 4. The Morgan fingerprint density at radius 1 is 1.32 bits per heavy atom. The Labute approximate surface area is 180 Å². The molecule has 0 spiro atoms. The van der Waals surface area contributed by atoms with E-state index in [4.69, 9.17) is 0 Å². The van der Waals surface area contributed by atoms with E-state index in [9.17, 15) is 9.18 Å². The van der Waals surface area contributed by atoms with Crippen LogP contribution in [0, 0.1) is 9.39 Å². The Morgan fingerprint density at radius 2 is 2.11 bits per heavy atom. The maximum Gasteiger partial charge on any atom is 0.255 e. The molecule has 1 aliphatic heterocycles. The summed E-state index contributed by atoms with van der Waals surface area (Å²) in [4.78, 5) is 20.5. The molecule has 1 aromatic carbocycles. The first-order valence-corrected chi connectivity index (χ1v) is 11.0. The molecule has 0 radical (unpaired) electrons. The average molecular weight is 510 g/mol. The zero-order valence-electron chi connectivity index (χ0n) is 15.3. The van der Waals surface area contributed by atoms with Crippen LogP contribution in [-0.2, 0) is 0 Å². The van der Waals surface area contributed by atoms with Gasteiger partial charge >= 0.3 is 0 Å². The summed E-state index contributed by atoms with van der Waals surface area (Å²) in [6.45, 7) is 1.94. The first kappa shape index (κ1) is 19.5. The lowest BCUT2D eigenvalue weighted by Crippen LogP contribution is -2.43. The number of fused-ring (bicyclic) bond motifs is 1. The van der Waals surface area contributed by atoms with Crippen molar-refractivity contribution in [3.63, 3.8) is 0 Å². The van der Waals surface area contributed by atoms with Gasteiger partial charge in [-0.3, -0.25) is 4.79 Å². The predicted octanol–water partition coefficient (Wildman–Crippen LogP) is 4.61. The smallest absolute Gasteiger partial charge is 0.255 e. The fourth-order valence-electron chi connectivity index (χ4n) is 3.37. The Kier molecular flexibility index (Phi) is 5.79. The molecule has 0 atom stereocenters. The van der Waals surface area contributed by atoms with Gasteiger partial charge in [0.2, 0.25) is 0 Å². The number of nitrogens with one attached hydrogen (secondary N) is 2. The number of amides is 1. The van der Waals surface area contributed by atoms with Crippen molar-refractivity contribution >= 4 is 60.7 Å². The molecule has 1 amide bonds. The maximum absolute atomic E-state index is 14.4. The van der Waals surface area contributed by atoms with Crippen molar-refractivity contribution in [2.45, 2.75) is 18.9 Å². The van der Waals surface area contributed by atoms with Crippen LogP contribution in [0.3, 0.4) is 0 Å². The van der Waals surface area contributed by atoms with Crippen molar-refractivity contribution in [1.29, 1.82) is 0 Å². The molecule has 0 unspecified atom stereocenters. The van der Waals surface area contributed by atoms with Gasteiger partial charge in [0, 0.05) is 21.2 Å². The van der Waals surface area contributed by atoms with Crippen molar-refractivity contribution < 1.29 is 9.18 Å². The minimum absolute atomic E-state index is 0.137. The summed E-state index contributed by atoms with van der Waals surface area (Å²) in [5, 5.41) is 7.67.